The molecule has 0 radical (unpaired) electrons. The van der Waals surface area contributed by atoms with Crippen LogP contribution in [0, 0.1) is 0 Å². The monoisotopic (exact) mass is 293 g/mol. The van der Waals surface area contributed by atoms with E-state index in [9.17, 15) is 4.79 Å². The summed E-state index contributed by atoms with van der Waals surface area (Å²) in [5.74, 6) is 0.565. The summed E-state index contributed by atoms with van der Waals surface area (Å²) in [6.07, 6.45) is 6.23. The first kappa shape index (κ1) is 13.8. The molecule has 2 N–H and O–H groups in total. The summed E-state index contributed by atoms with van der Waals surface area (Å²) in [5.41, 5.74) is 7.49. The van der Waals surface area contributed by atoms with E-state index in [1.807, 2.05) is 24.3 Å². The molecule has 0 aliphatic carbocycles. The SMILES string of the molecule is Cn1c(=O)n(-c2ccc(N=CC=CN)cn2)c2ccccc21. The minimum atomic E-state index is -0.129. The van der Waals surface area contributed by atoms with Gasteiger partial charge in [-0.25, -0.2) is 14.3 Å². The Labute approximate surface area is 126 Å². The lowest BCUT2D eigenvalue weighted by atomic mass is 10.3. The Bertz CT molecular complexity index is 916. The van der Waals surface area contributed by atoms with Gasteiger partial charge in [-0.2, -0.15) is 0 Å². The molecule has 0 saturated heterocycles. The van der Waals surface area contributed by atoms with Crippen LogP contribution in [0.25, 0.3) is 16.9 Å². The molecule has 6 nitrogen and oxygen atoms in total. The number of para-hydroxylation sites is 2. The smallest absolute Gasteiger partial charge is 0.334 e. The van der Waals surface area contributed by atoms with Crippen molar-refractivity contribution in [2.75, 3.05) is 0 Å². The van der Waals surface area contributed by atoms with Crippen molar-refractivity contribution >= 4 is 22.9 Å². The van der Waals surface area contributed by atoms with Gasteiger partial charge in [0, 0.05) is 13.3 Å². The van der Waals surface area contributed by atoms with Crippen LogP contribution in [-0.4, -0.2) is 20.3 Å². The van der Waals surface area contributed by atoms with Crippen LogP contribution in [-0.2, 0) is 7.05 Å². The molecule has 22 heavy (non-hydrogen) atoms. The predicted molar refractivity (Wildman–Crippen MR) is 87.8 cm³/mol. The Morgan fingerprint density at radius 2 is 1.95 bits per heavy atom. The summed E-state index contributed by atoms with van der Waals surface area (Å²) in [7, 11) is 1.75. The van der Waals surface area contributed by atoms with Crippen molar-refractivity contribution in [3.8, 4) is 5.82 Å². The first-order chi connectivity index (χ1) is 10.7. The minimum absolute atomic E-state index is 0.129. The van der Waals surface area contributed by atoms with E-state index >= 15 is 0 Å². The van der Waals surface area contributed by atoms with Gasteiger partial charge in [0.1, 0.15) is 5.82 Å². The fraction of sp³-hybridized carbons (Fsp3) is 0.0625. The lowest BCUT2D eigenvalue weighted by Crippen LogP contribution is -2.21. The number of hydrogen-bond acceptors (Lipinski definition) is 4. The molecule has 1 aromatic carbocycles. The second-order valence-electron chi connectivity index (χ2n) is 4.70. The molecule has 0 unspecified atom stereocenters. The lowest BCUT2D eigenvalue weighted by molar-refractivity contribution is 0.834. The summed E-state index contributed by atoms with van der Waals surface area (Å²) in [5, 5.41) is 0. The zero-order chi connectivity index (χ0) is 15.5. The number of fused-ring (bicyclic) bond motifs is 1. The van der Waals surface area contributed by atoms with Crippen LogP contribution in [0.3, 0.4) is 0 Å². The van der Waals surface area contributed by atoms with Crippen molar-refractivity contribution in [1.29, 1.82) is 0 Å². The number of imidazole rings is 1. The summed E-state index contributed by atoms with van der Waals surface area (Å²) in [6, 6.07) is 11.2. The highest BCUT2D eigenvalue weighted by Gasteiger charge is 2.12. The van der Waals surface area contributed by atoms with Crippen LogP contribution in [0.2, 0.25) is 0 Å². The highest BCUT2D eigenvalue weighted by molar-refractivity contribution is 5.78. The molecule has 110 valence electrons. The van der Waals surface area contributed by atoms with Crippen molar-refractivity contribution < 1.29 is 0 Å². The first-order valence-corrected chi connectivity index (χ1v) is 6.76. The second kappa shape index (κ2) is 5.69. The van der Waals surface area contributed by atoms with E-state index < -0.39 is 0 Å². The number of rotatable bonds is 3. The second-order valence-corrected chi connectivity index (χ2v) is 4.70. The number of aromatic nitrogens is 3. The third-order valence-electron chi connectivity index (χ3n) is 3.34. The number of hydrogen-bond donors (Lipinski definition) is 1. The van der Waals surface area contributed by atoms with E-state index in [-0.39, 0.29) is 5.69 Å². The van der Waals surface area contributed by atoms with Crippen molar-refractivity contribution in [2.45, 2.75) is 0 Å². The fourth-order valence-corrected chi connectivity index (χ4v) is 2.28. The highest BCUT2D eigenvalue weighted by atomic mass is 16.1. The molecular formula is C16H15N5O. The Balaban J connectivity index is 2.09. The Kier molecular flexibility index (Phi) is 3.57. The molecular weight excluding hydrogens is 278 g/mol. The summed E-state index contributed by atoms with van der Waals surface area (Å²) < 4.78 is 3.19. The topological polar surface area (TPSA) is 78.2 Å². The minimum Gasteiger partial charge on any atom is -0.405 e. The van der Waals surface area contributed by atoms with Gasteiger partial charge in [-0.1, -0.05) is 12.1 Å². The Hall–Kier alpha value is -3.15. The quantitative estimate of drug-likeness (QED) is 0.749. The van der Waals surface area contributed by atoms with Gasteiger partial charge < -0.3 is 5.73 Å². The molecule has 2 aromatic heterocycles. The molecule has 6 heteroatoms. The molecule has 0 atom stereocenters. The number of aryl methyl sites for hydroxylation is 1. The third kappa shape index (κ3) is 2.31. The first-order valence-electron chi connectivity index (χ1n) is 6.76. The van der Waals surface area contributed by atoms with Crippen LogP contribution in [0.4, 0.5) is 5.69 Å². The average molecular weight is 293 g/mol. The van der Waals surface area contributed by atoms with E-state index in [4.69, 9.17) is 5.73 Å². The maximum atomic E-state index is 12.4. The molecule has 0 amide bonds. The van der Waals surface area contributed by atoms with Crippen molar-refractivity contribution in [2.24, 2.45) is 17.8 Å². The number of nitrogens with zero attached hydrogens (tertiary/aromatic N) is 4. The van der Waals surface area contributed by atoms with Crippen LogP contribution >= 0.6 is 0 Å². The fourth-order valence-electron chi connectivity index (χ4n) is 2.28. The Morgan fingerprint density at radius 3 is 2.64 bits per heavy atom. The zero-order valence-electron chi connectivity index (χ0n) is 12.0. The Morgan fingerprint density at radius 1 is 1.18 bits per heavy atom. The van der Waals surface area contributed by atoms with Gasteiger partial charge in [-0.15, -0.1) is 0 Å². The van der Waals surface area contributed by atoms with Gasteiger partial charge in [-0.05, 0) is 36.5 Å². The number of benzene rings is 1. The van der Waals surface area contributed by atoms with Gasteiger partial charge in [0.25, 0.3) is 0 Å². The van der Waals surface area contributed by atoms with Crippen LogP contribution < -0.4 is 11.4 Å². The van der Waals surface area contributed by atoms with E-state index in [1.165, 1.54) is 6.20 Å². The summed E-state index contributed by atoms with van der Waals surface area (Å²) in [4.78, 5) is 20.9. The van der Waals surface area contributed by atoms with Gasteiger partial charge in [0.15, 0.2) is 0 Å². The zero-order valence-corrected chi connectivity index (χ0v) is 12.0. The van der Waals surface area contributed by atoms with E-state index in [0.717, 1.165) is 11.0 Å². The van der Waals surface area contributed by atoms with Gasteiger partial charge in [0.05, 0.1) is 22.9 Å². The number of nitrogens with two attached hydrogens (primary N) is 1. The molecule has 0 saturated carbocycles. The normalized spacial score (nSPS) is 11.9. The highest BCUT2D eigenvalue weighted by Crippen LogP contribution is 2.17. The maximum absolute atomic E-state index is 12.4. The largest absolute Gasteiger partial charge is 0.405 e. The van der Waals surface area contributed by atoms with E-state index in [2.05, 4.69) is 9.98 Å². The van der Waals surface area contributed by atoms with Crippen molar-refractivity contribution in [1.82, 2.24) is 14.1 Å². The molecule has 3 aromatic rings. The third-order valence-corrected chi connectivity index (χ3v) is 3.34. The predicted octanol–water partition coefficient (Wildman–Crippen LogP) is 1.90. The molecule has 0 spiro atoms. The lowest BCUT2D eigenvalue weighted by Gasteiger charge is -2.02. The van der Waals surface area contributed by atoms with Crippen LogP contribution in [0.5, 0.6) is 0 Å². The molecule has 0 fully saturated rings. The number of pyridine rings is 1. The summed E-state index contributed by atoms with van der Waals surface area (Å²) in [6.45, 7) is 0. The van der Waals surface area contributed by atoms with E-state index in [1.54, 1.807) is 46.8 Å². The molecule has 0 aliphatic heterocycles. The number of allylic oxidation sites excluding steroid dienone is 1. The van der Waals surface area contributed by atoms with Gasteiger partial charge >= 0.3 is 5.69 Å². The number of aliphatic imine (C=N–C) groups is 1. The molecule has 3 rings (SSSR count). The van der Waals surface area contributed by atoms with Crippen LogP contribution in [0.15, 0.2) is 64.7 Å². The standard InChI is InChI=1S/C16H15N5O/c1-20-13-5-2-3-6-14(13)21(16(20)22)15-8-7-12(11-19-15)18-10-4-9-17/h2-11H,17H2,1H3. The molecule has 0 bridgehead atoms. The molecule has 0 aliphatic rings. The average Bonchev–Trinajstić information content (AvgIpc) is 2.81. The van der Waals surface area contributed by atoms with Gasteiger partial charge in [-0.3, -0.25) is 9.56 Å². The summed E-state index contributed by atoms with van der Waals surface area (Å²) >= 11 is 0. The van der Waals surface area contributed by atoms with Crippen LogP contribution in [0.1, 0.15) is 0 Å². The van der Waals surface area contributed by atoms with E-state index in [0.29, 0.717) is 11.5 Å². The maximum Gasteiger partial charge on any atom is 0.334 e. The van der Waals surface area contributed by atoms with Crippen molar-refractivity contribution in [3.63, 3.8) is 0 Å². The van der Waals surface area contributed by atoms with Gasteiger partial charge in [0.2, 0.25) is 0 Å². The molecule has 2 heterocycles. The van der Waals surface area contributed by atoms with Crippen molar-refractivity contribution in [3.05, 3.63) is 65.4 Å².